The van der Waals surface area contributed by atoms with E-state index in [1.54, 1.807) is 0 Å². The lowest BCUT2D eigenvalue weighted by atomic mass is 11.6. The Balaban J connectivity index is -0.0000000467. The van der Waals surface area contributed by atoms with Gasteiger partial charge < -0.3 is 42.8 Å². The van der Waals surface area contributed by atoms with Gasteiger partial charge in [0.15, 0.2) is 40.5 Å². The molecule has 0 atom stereocenters. The molecule has 0 fully saturated rings. The van der Waals surface area contributed by atoms with Gasteiger partial charge in [-0.15, -0.1) is 0 Å². The molecule has 0 aromatic heterocycles. The lowest BCUT2D eigenvalue weighted by molar-refractivity contribution is -0.0522. The van der Waals surface area contributed by atoms with E-state index in [1.807, 2.05) is 0 Å². The third kappa shape index (κ3) is 27.2. The molecule has 0 radical (unpaired) electrons. The maximum absolute atomic E-state index is 10.7. The predicted octanol–water partition coefficient (Wildman–Crippen LogP) is 1.71. The molecule has 16 N–H and O–H groups in total. The van der Waals surface area contributed by atoms with Crippen LogP contribution in [0.2, 0.25) is 0 Å². The molecule has 0 amide bonds. The van der Waals surface area contributed by atoms with Gasteiger partial charge in [0.2, 0.25) is 0 Å². The summed E-state index contributed by atoms with van der Waals surface area (Å²) in [6, 6.07) is 0. The number of rotatable bonds is 0. The quantitative estimate of drug-likeness (QED) is 0.163. The minimum absolute atomic E-state index is 0. The van der Waals surface area contributed by atoms with Crippen LogP contribution < -0.4 is 24.6 Å². The summed E-state index contributed by atoms with van der Waals surface area (Å²) in [5.74, 6) is 0. The van der Waals surface area contributed by atoms with Gasteiger partial charge >= 0.3 is 22.0 Å². The molecule has 0 aliphatic rings. The van der Waals surface area contributed by atoms with Crippen molar-refractivity contribution in [2.24, 2.45) is 0 Å². The molecule has 0 bridgehead atoms. The maximum atomic E-state index is 10.7. The molecule has 0 unspecified atom stereocenters. The van der Waals surface area contributed by atoms with E-state index < -0.39 is 62.5 Å². The fourth-order valence-electron chi connectivity index (χ4n) is 0. The van der Waals surface area contributed by atoms with E-state index in [2.05, 4.69) is 0 Å². The Kier molecular flexibility index (Phi) is 25.3. The van der Waals surface area contributed by atoms with Crippen molar-refractivity contribution in [2.45, 2.75) is 22.0 Å². The van der Waals surface area contributed by atoms with Crippen LogP contribution in [0.25, 0.3) is 0 Å². The molecule has 232 valence electrons. The molecule has 0 saturated carbocycles. The Bertz CT molecular complexity index is 840. The molecule has 0 aromatic carbocycles. The lowest BCUT2D eigenvalue weighted by Crippen LogP contribution is -2.21. The van der Waals surface area contributed by atoms with Crippen molar-refractivity contribution in [3.63, 3.8) is 0 Å². The first-order valence-corrected chi connectivity index (χ1v) is 10.7. The number of halogens is 12. The van der Waals surface area contributed by atoms with Gasteiger partial charge in [0, 0.05) is 0 Å². The number of hydrogen-bond donors (Lipinski definition) is 4. The predicted molar refractivity (Wildman–Crippen MR) is 86.9 cm³/mol. The second-order valence-electron chi connectivity index (χ2n) is 3.60. The summed E-state index contributed by atoms with van der Waals surface area (Å²) in [5, 5.41) is 0. The summed E-state index contributed by atoms with van der Waals surface area (Å²) in [6.45, 7) is 0. The van der Waals surface area contributed by atoms with Crippen molar-refractivity contribution in [1.29, 1.82) is 0 Å². The van der Waals surface area contributed by atoms with Gasteiger partial charge in [-0.1, -0.05) is 0 Å². The van der Waals surface area contributed by atoms with Crippen molar-refractivity contribution in [2.75, 3.05) is 0 Å². The molecule has 36 heavy (non-hydrogen) atoms. The van der Waals surface area contributed by atoms with E-state index in [1.165, 1.54) is 0 Å². The second-order valence-corrected chi connectivity index (χ2v) is 9.08. The third-order valence-electron chi connectivity index (χ3n) is 1.13. The summed E-state index contributed by atoms with van der Waals surface area (Å²) in [7, 11) is -24.4. The largest absolute Gasteiger partial charge is 0.741 e. The van der Waals surface area contributed by atoms with E-state index in [9.17, 15) is 52.7 Å². The summed E-state index contributed by atoms with van der Waals surface area (Å²) in [4.78, 5) is 0. The van der Waals surface area contributed by atoms with E-state index in [4.69, 9.17) is 51.9 Å². The van der Waals surface area contributed by atoms with Crippen LogP contribution in [0.5, 0.6) is 0 Å². The summed E-state index contributed by atoms with van der Waals surface area (Å²) >= 11 is 0. The van der Waals surface area contributed by atoms with Gasteiger partial charge in [0.1, 0.15) is 0 Å². The van der Waals surface area contributed by atoms with Crippen LogP contribution in [0, 0.1) is 0 Å². The fraction of sp³-hybridized carbons (Fsp3) is 1.00. The topological polar surface area (TPSA) is 375 Å². The van der Waals surface area contributed by atoms with Crippen LogP contribution in [0.4, 0.5) is 52.7 Å². The highest BCUT2D eigenvalue weighted by Crippen LogP contribution is 2.22. The number of quaternary nitrogens is 4. The van der Waals surface area contributed by atoms with E-state index >= 15 is 0 Å². The van der Waals surface area contributed by atoms with Gasteiger partial charge in [-0.3, -0.25) is 0 Å². The van der Waals surface area contributed by atoms with Crippen LogP contribution in [0.3, 0.4) is 0 Å². The molecule has 0 heterocycles. The van der Waals surface area contributed by atoms with E-state index in [0.717, 1.165) is 0 Å². The molecule has 0 spiro atoms. The summed E-state index contributed by atoms with van der Waals surface area (Å²) < 4.78 is 236. The normalized spacial score (nSPS) is 12.4. The highest BCUT2D eigenvalue weighted by Gasteiger charge is 2.38. The molecule has 0 aliphatic carbocycles. The second kappa shape index (κ2) is 16.5. The number of alkyl halides is 12. The van der Waals surface area contributed by atoms with Crippen molar-refractivity contribution in [3.8, 4) is 0 Å². The van der Waals surface area contributed by atoms with Crippen molar-refractivity contribution >= 4 is 40.5 Å². The van der Waals surface area contributed by atoms with Gasteiger partial charge in [-0.05, 0) is 0 Å². The van der Waals surface area contributed by atoms with Crippen LogP contribution >= 0.6 is 0 Å². The Morgan fingerprint density at radius 1 is 0.306 bits per heavy atom. The molecule has 0 aliphatic heterocycles. The zero-order valence-electron chi connectivity index (χ0n) is 17.1. The summed E-state index contributed by atoms with van der Waals surface area (Å²) in [5.41, 5.74) is -22.6. The molecule has 16 nitrogen and oxygen atoms in total. The molecular formula is C4H16F12N4O12S4. The molecule has 0 saturated heterocycles. The van der Waals surface area contributed by atoms with Crippen molar-refractivity contribution in [1.82, 2.24) is 24.6 Å². The molecule has 0 rings (SSSR count). The van der Waals surface area contributed by atoms with Crippen molar-refractivity contribution in [3.05, 3.63) is 0 Å². The minimum Gasteiger partial charge on any atom is -0.741 e. The summed E-state index contributed by atoms with van der Waals surface area (Å²) in [6.07, 6.45) is 0. The minimum atomic E-state index is -6.09. The molecule has 32 heteroatoms. The SMILES string of the molecule is O=S(=O)([O-])C(F)(F)F.O=S(=O)([O-])C(F)(F)F.O=S(=O)([O-])C(F)(F)F.O=S(=O)([O-])C(F)(F)F.[NH4+].[NH4+].[NH4+].[NH4+]. The standard InChI is InChI=1S/4CHF3O3S.4H3N/c4*2-1(3,4)8(5,6)7;;;;/h4*(H,5,6,7);4*1H3. The first-order chi connectivity index (χ1) is 13.0. The van der Waals surface area contributed by atoms with Crippen LogP contribution in [-0.4, -0.2) is 73.9 Å². The zero-order chi connectivity index (χ0) is 28.0. The highest BCUT2D eigenvalue weighted by molar-refractivity contribution is 7.87. The smallest absolute Gasteiger partial charge is 0.485 e. The first kappa shape index (κ1) is 55.2. The van der Waals surface area contributed by atoms with E-state index in [0.29, 0.717) is 0 Å². The van der Waals surface area contributed by atoms with Crippen molar-refractivity contribution < 1.29 is 105 Å². The van der Waals surface area contributed by atoms with Gasteiger partial charge in [-0.2, -0.15) is 52.7 Å². The third-order valence-corrected chi connectivity index (χ3v) is 3.40. The highest BCUT2D eigenvalue weighted by atomic mass is 32.2. The maximum Gasteiger partial charge on any atom is 0.485 e. The average Bonchev–Trinajstić information content (AvgIpc) is 2.30. The Morgan fingerprint density at radius 2 is 0.333 bits per heavy atom. The Labute approximate surface area is 192 Å². The molecular weight excluding hydrogens is 652 g/mol. The molecule has 0 aromatic rings. The Morgan fingerprint density at radius 3 is 0.333 bits per heavy atom. The first-order valence-electron chi connectivity index (χ1n) is 5.08. The lowest BCUT2D eigenvalue weighted by Gasteiger charge is -2.08. The van der Waals surface area contributed by atoms with Crippen LogP contribution in [0.1, 0.15) is 0 Å². The number of hydrogen-bond acceptors (Lipinski definition) is 12. The van der Waals surface area contributed by atoms with Gasteiger partial charge in [-0.25, -0.2) is 33.7 Å². The van der Waals surface area contributed by atoms with E-state index in [-0.39, 0.29) is 24.6 Å². The Hall–Kier alpha value is -1.36. The monoisotopic (exact) mass is 668 g/mol. The zero-order valence-corrected chi connectivity index (χ0v) is 20.3. The fourth-order valence-corrected chi connectivity index (χ4v) is 0. The average molecular weight is 668 g/mol. The van der Waals surface area contributed by atoms with Gasteiger partial charge in [0.25, 0.3) is 0 Å². The van der Waals surface area contributed by atoms with Gasteiger partial charge in [0.05, 0.1) is 0 Å². The van der Waals surface area contributed by atoms with Crippen LogP contribution in [-0.2, 0) is 40.5 Å². The van der Waals surface area contributed by atoms with Crippen LogP contribution in [0.15, 0.2) is 0 Å².